The van der Waals surface area contributed by atoms with E-state index in [0.717, 1.165) is 12.2 Å². The first-order chi connectivity index (χ1) is 8.01. The Morgan fingerprint density at radius 3 is 2.53 bits per heavy atom. The van der Waals surface area contributed by atoms with E-state index in [1.807, 2.05) is 20.0 Å². The summed E-state index contributed by atoms with van der Waals surface area (Å²) in [6.07, 6.45) is 1.09. The highest BCUT2D eigenvalue weighted by molar-refractivity contribution is 5.38. The Kier molecular flexibility index (Phi) is 5.01. The Hall–Kier alpha value is -1.02. The number of hydrogen-bond acceptors (Lipinski definition) is 2. The first kappa shape index (κ1) is 14.0. The Balaban J connectivity index is 2.96. The van der Waals surface area contributed by atoms with Gasteiger partial charge in [0.15, 0.2) is 0 Å². The second-order valence-corrected chi connectivity index (χ2v) is 5.21. The largest absolute Gasteiger partial charge is 0.494 e. The van der Waals surface area contributed by atoms with Crippen LogP contribution in [-0.4, -0.2) is 19.7 Å². The van der Waals surface area contributed by atoms with Crippen molar-refractivity contribution in [2.24, 2.45) is 0 Å². The molecule has 96 valence electrons. The van der Waals surface area contributed by atoms with E-state index in [-0.39, 0.29) is 5.41 Å². The van der Waals surface area contributed by atoms with Crippen LogP contribution in [0.15, 0.2) is 24.3 Å². The minimum Gasteiger partial charge on any atom is -0.494 e. The van der Waals surface area contributed by atoms with E-state index in [0.29, 0.717) is 12.6 Å². The number of para-hydroxylation sites is 1. The third-order valence-electron chi connectivity index (χ3n) is 3.23. The van der Waals surface area contributed by atoms with Gasteiger partial charge in [0.25, 0.3) is 0 Å². The van der Waals surface area contributed by atoms with E-state index in [9.17, 15) is 0 Å². The zero-order valence-electron chi connectivity index (χ0n) is 11.7. The molecule has 1 aromatic rings. The fourth-order valence-corrected chi connectivity index (χ4v) is 2.28. The number of hydrogen-bond donors (Lipinski definition) is 1. The molecular weight excluding hydrogens is 210 g/mol. The van der Waals surface area contributed by atoms with Crippen molar-refractivity contribution in [3.8, 4) is 5.75 Å². The summed E-state index contributed by atoms with van der Waals surface area (Å²) in [6.45, 7) is 9.51. The van der Waals surface area contributed by atoms with Gasteiger partial charge in [-0.1, -0.05) is 32.0 Å². The monoisotopic (exact) mass is 235 g/mol. The molecule has 0 aliphatic heterocycles. The molecule has 0 radical (unpaired) electrons. The van der Waals surface area contributed by atoms with Crippen LogP contribution in [0.2, 0.25) is 0 Å². The van der Waals surface area contributed by atoms with E-state index in [1.165, 1.54) is 5.56 Å². The fourth-order valence-electron chi connectivity index (χ4n) is 2.28. The minimum absolute atomic E-state index is 0.119. The molecule has 1 unspecified atom stereocenters. The molecule has 0 saturated carbocycles. The maximum absolute atomic E-state index is 5.72. The molecule has 0 aliphatic carbocycles. The van der Waals surface area contributed by atoms with Crippen LogP contribution in [0.25, 0.3) is 0 Å². The van der Waals surface area contributed by atoms with Crippen LogP contribution in [0.3, 0.4) is 0 Å². The van der Waals surface area contributed by atoms with Gasteiger partial charge in [-0.25, -0.2) is 0 Å². The van der Waals surface area contributed by atoms with Crippen molar-refractivity contribution in [2.75, 3.05) is 13.7 Å². The van der Waals surface area contributed by atoms with Gasteiger partial charge in [0.1, 0.15) is 5.75 Å². The Morgan fingerprint density at radius 2 is 1.94 bits per heavy atom. The van der Waals surface area contributed by atoms with E-state index in [2.05, 4.69) is 44.3 Å². The van der Waals surface area contributed by atoms with Crippen LogP contribution in [0, 0.1) is 0 Å². The molecular formula is C15H25NO. The van der Waals surface area contributed by atoms with Crippen LogP contribution >= 0.6 is 0 Å². The number of rotatable bonds is 6. The molecule has 0 bridgehead atoms. The van der Waals surface area contributed by atoms with Crippen molar-refractivity contribution in [1.29, 1.82) is 0 Å². The molecule has 0 heterocycles. The van der Waals surface area contributed by atoms with Crippen molar-refractivity contribution in [2.45, 2.75) is 45.6 Å². The summed E-state index contributed by atoms with van der Waals surface area (Å²) in [4.78, 5) is 0. The average Bonchev–Trinajstić information content (AvgIpc) is 2.29. The smallest absolute Gasteiger partial charge is 0.123 e. The maximum atomic E-state index is 5.72. The lowest BCUT2D eigenvalue weighted by atomic mass is 9.79. The second-order valence-electron chi connectivity index (χ2n) is 5.21. The molecule has 1 aromatic carbocycles. The molecule has 2 nitrogen and oxygen atoms in total. The van der Waals surface area contributed by atoms with Crippen LogP contribution in [-0.2, 0) is 5.41 Å². The van der Waals surface area contributed by atoms with E-state index >= 15 is 0 Å². The predicted molar refractivity (Wildman–Crippen MR) is 73.8 cm³/mol. The molecule has 0 spiro atoms. The standard InChI is InChI=1S/C15H25NO/c1-6-17-14-10-8-7-9-13(14)15(3,4)11-12(2)16-5/h7-10,12,16H,6,11H2,1-5H3. The zero-order chi connectivity index (χ0) is 12.9. The van der Waals surface area contributed by atoms with E-state index in [1.54, 1.807) is 0 Å². The summed E-state index contributed by atoms with van der Waals surface area (Å²) in [5, 5.41) is 3.30. The topological polar surface area (TPSA) is 21.3 Å². The van der Waals surface area contributed by atoms with Crippen molar-refractivity contribution in [3.63, 3.8) is 0 Å². The number of ether oxygens (including phenoxy) is 1. The van der Waals surface area contributed by atoms with Gasteiger partial charge in [-0.05, 0) is 44.4 Å². The Bertz CT molecular complexity index is 347. The third-order valence-corrected chi connectivity index (χ3v) is 3.23. The summed E-state index contributed by atoms with van der Waals surface area (Å²) >= 11 is 0. The van der Waals surface area contributed by atoms with Crippen LogP contribution < -0.4 is 10.1 Å². The quantitative estimate of drug-likeness (QED) is 0.816. The summed E-state index contributed by atoms with van der Waals surface area (Å²) in [6, 6.07) is 8.85. The summed E-state index contributed by atoms with van der Waals surface area (Å²) in [5.74, 6) is 1.02. The number of nitrogens with one attached hydrogen (secondary N) is 1. The molecule has 17 heavy (non-hydrogen) atoms. The van der Waals surface area contributed by atoms with Crippen molar-refractivity contribution in [3.05, 3.63) is 29.8 Å². The van der Waals surface area contributed by atoms with Crippen LogP contribution in [0.1, 0.15) is 39.7 Å². The molecule has 1 rings (SSSR count). The highest BCUT2D eigenvalue weighted by atomic mass is 16.5. The average molecular weight is 235 g/mol. The molecule has 1 N–H and O–H groups in total. The van der Waals surface area contributed by atoms with Crippen LogP contribution in [0.5, 0.6) is 5.75 Å². The molecule has 0 aromatic heterocycles. The highest BCUT2D eigenvalue weighted by Crippen LogP contribution is 2.35. The summed E-state index contributed by atoms with van der Waals surface area (Å²) in [7, 11) is 2.01. The van der Waals surface area contributed by atoms with Gasteiger partial charge in [0.2, 0.25) is 0 Å². The maximum Gasteiger partial charge on any atom is 0.123 e. The first-order valence-corrected chi connectivity index (χ1v) is 6.41. The Morgan fingerprint density at radius 1 is 1.29 bits per heavy atom. The van der Waals surface area contributed by atoms with Gasteiger partial charge in [-0.15, -0.1) is 0 Å². The normalized spacial score (nSPS) is 13.5. The minimum atomic E-state index is 0.119. The number of benzene rings is 1. The van der Waals surface area contributed by atoms with E-state index < -0.39 is 0 Å². The molecule has 0 aliphatic rings. The second kappa shape index (κ2) is 6.06. The summed E-state index contributed by atoms with van der Waals surface area (Å²) < 4.78 is 5.72. The van der Waals surface area contributed by atoms with Crippen molar-refractivity contribution >= 4 is 0 Å². The van der Waals surface area contributed by atoms with Gasteiger partial charge in [0.05, 0.1) is 6.61 Å². The van der Waals surface area contributed by atoms with Crippen LogP contribution in [0.4, 0.5) is 0 Å². The molecule has 1 atom stereocenters. The van der Waals surface area contributed by atoms with E-state index in [4.69, 9.17) is 4.74 Å². The SMILES string of the molecule is CCOc1ccccc1C(C)(C)CC(C)NC. The molecule has 0 fully saturated rings. The highest BCUT2D eigenvalue weighted by Gasteiger charge is 2.25. The molecule has 0 saturated heterocycles. The van der Waals surface area contributed by atoms with Gasteiger partial charge >= 0.3 is 0 Å². The first-order valence-electron chi connectivity index (χ1n) is 6.41. The Labute approximate surface area is 105 Å². The summed E-state index contributed by atoms with van der Waals surface area (Å²) in [5.41, 5.74) is 1.41. The van der Waals surface area contributed by atoms with Crippen molar-refractivity contribution in [1.82, 2.24) is 5.32 Å². The lowest BCUT2D eigenvalue weighted by Crippen LogP contribution is -2.31. The lowest BCUT2D eigenvalue weighted by molar-refractivity contribution is 0.319. The van der Waals surface area contributed by atoms with Gasteiger partial charge < -0.3 is 10.1 Å². The molecule has 2 heteroatoms. The zero-order valence-corrected chi connectivity index (χ0v) is 11.7. The molecule has 0 amide bonds. The van der Waals surface area contributed by atoms with Gasteiger partial charge in [-0.3, -0.25) is 0 Å². The van der Waals surface area contributed by atoms with Gasteiger partial charge in [0, 0.05) is 6.04 Å². The third kappa shape index (κ3) is 3.74. The fraction of sp³-hybridized carbons (Fsp3) is 0.600. The van der Waals surface area contributed by atoms with Crippen molar-refractivity contribution < 1.29 is 4.74 Å². The lowest BCUT2D eigenvalue weighted by Gasteiger charge is -2.30. The van der Waals surface area contributed by atoms with Gasteiger partial charge in [-0.2, -0.15) is 0 Å². The predicted octanol–water partition coefficient (Wildman–Crippen LogP) is 3.36.